The Morgan fingerprint density at radius 2 is 2.20 bits per heavy atom. The van der Waals surface area contributed by atoms with E-state index in [1.807, 2.05) is 0 Å². The van der Waals surface area contributed by atoms with Crippen LogP contribution >= 0.6 is 0 Å². The second-order valence-corrected chi connectivity index (χ2v) is 5.76. The van der Waals surface area contributed by atoms with Gasteiger partial charge in [-0.05, 0) is 12.1 Å². The first kappa shape index (κ1) is 19.5. The number of ether oxygens (including phenoxy) is 2. The van der Waals surface area contributed by atoms with Crippen molar-refractivity contribution in [1.29, 1.82) is 0 Å². The fourth-order valence-corrected chi connectivity index (χ4v) is 2.46. The molecule has 2 atom stereocenters. The third-order valence-electron chi connectivity index (χ3n) is 3.70. The molecule has 0 radical (unpaired) electrons. The van der Waals surface area contributed by atoms with Gasteiger partial charge in [0.25, 0.3) is 0 Å². The number of alkyl halides is 3. The van der Waals surface area contributed by atoms with Gasteiger partial charge in [0.05, 0.1) is 18.8 Å². The smallest absolute Gasteiger partial charge is 0.419 e. The molecule has 1 amide bonds. The van der Waals surface area contributed by atoms with E-state index in [0.29, 0.717) is 13.2 Å². The van der Waals surface area contributed by atoms with Crippen molar-refractivity contribution in [1.82, 2.24) is 10.2 Å². The molecule has 1 aliphatic heterocycles. The number of likely N-dealkylation sites (N-methyl/N-ethyl adjacent to an activating group) is 1. The summed E-state index contributed by atoms with van der Waals surface area (Å²) >= 11 is 0. The van der Waals surface area contributed by atoms with Crippen molar-refractivity contribution in [3.8, 4) is 5.75 Å². The lowest BCUT2D eigenvalue weighted by atomic mass is 10.2. The van der Waals surface area contributed by atoms with E-state index >= 15 is 0 Å². The number of rotatable bonds is 6. The molecule has 0 aromatic heterocycles. The second-order valence-electron chi connectivity index (χ2n) is 5.76. The molecule has 1 aliphatic rings. The average molecular weight is 362 g/mol. The molecular formula is C16H21F3N2O4. The van der Waals surface area contributed by atoms with Crippen molar-refractivity contribution in [3.63, 3.8) is 0 Å². The van der Waals surface area contributed by atoms with Crippen molar-refractivity contribution >= 4 is 5.91 Å². The number of hydrogen-bond acceptors (Lipinski definition) is 5. The van der Waals surface area contributed by atoms with Crippen LogP contribution < -0.4 is 10.1 Å². The molecule has 140 valence electrons. The standard InChI is InChI=1S/C16H21F3N2O4/c1-21(15(23)13-10-24-7-6-20-13)8-11(22)9-25-14-5-3-2-4-12(14)16(17,18)19/h2-5,11,13,20,22H,6-10H2,1H3. The molecule has 2 rings (SSSR count). The lowest BCUT2D eigenvalue weighted by Crippen LogP contribution is -2.53. The number of nitrogens with zero attached hydrogens (tertiary/aromatic N) is 1. The van der Waals surface area contributed by atoms with Crippen LogP contribution in [0.1, 0.15) is 5.56 Å². The van der Waals surface area contributed by atoms with E-state index in [2.05, 4.69) is 5.32 Å². The number of hydrogen-bond donors (Lipinski definition) is 2. The minimum Gasteiger partial charge on any atom is -0.490 e. The van der Waals surface area contributed by atoms with Crippen molar-refractivity contribution in [2.24, 2.45) is 0 Å². The Bertz CT molecular complexity index is 577. The van der Waals surface area contributed by atoms with Gasteiger partial charge in [-0.1, -0.05) is 12.1 Å². The van der Waals surface area contributed by atoms with Crippen LogP contribution in [-0.4, -0.2) is 68.0 Å². The summed E-state index contributed by atoms with van der Waals surface area (Å²) in [7, 11) is 1.51. The largest absolute Gasteiger partial charge is 0.490 e. The van der Waals surface area contributed by atoms with Crippen LogP contribution in [-0.2, 0) is 15.7 Å². The van der Waals surface area contributed by atoms with E-state index in [1.54, 1.807) is 0 Å². The third kappa shape index (κ3) is 5.58. The molecule has 1 aromatic rings. The highest BCUT2D eigenvalue weighted by Crippen LogP contribution is 2.35. The molecule has 25 heavy (non-hydrogen) atoms. The van der Waals surface area contributed by atoms with Gasteiger partial charge in [-0.2, -0.15) is 13.2 Å². The van der Waals surface area contributed by atoms with E-state index in [1.165, 1.54) is 30.1 Å². The Morgan fingerprint density at radius 1 is 1.48 bits per heavy atom. The number of halogens is 3. The van der Waals surface area contributed by atoms with Crippen molar-refractivity contribution in [2.75, 3.05) is 40.0 Å². The Kier molecular flexibility index (Phi) is 6.63. The van der Waals surface area contributed by atoms with E-state index in [9.17, 15) is 23.1 Å². The minimum absolute atomic E-state index is 0.0643. The van der Waals surface area contributed by atoms with E-state index in [0.717, 1.165) is 6.07 Å². The molecule has 0 saturated carbocycles. The quantitative estimate of drug-likeness (QED) is 0.787. The van der Waals surface area contributed by atoms with Crippen LogP contribution in [0.5, 0.6) is 5.75 Å². The maximum atomic E-state index is 12.9. The Labute approximate surface area is 143 Å². The first-order valence-corrected chi connectivity index (χ1v) is 7.82. The summed E-state index contributed by atoms with van der Waals surface area (Å²) in [5, 5.41) is 13.0. The highest BCUT2D eigenvalue weighted by Gasteiger charge is 2.34. The Hall–Kier alpha value is -1.84. The van der Waals surface area contributed by atoms with Gasteiger partial charge < -0.3 is 24.8 Å². The van der Waals surface area contributed by atoms with E-state index in [4.69, 9.17) is 9.47 Å². The highest BCUT2D eigenvalue weighted by atomic mass is 19.4. The molecule has 0 bridgehead atoms. The molecule has 1 saturated heterocycles. The zero-order valence-corrected chi connectivity index (χ0v) is 13.8. The van der Waals surface area contributed by atoms with Gasteiger partial charge in [-0.3, -0.25) is 4.79 Å². The first-order chi connectivity index (χ1) is 11.8. The molecule has 2 N–H and O–H groups in total. The van der Waals surface area contributed by atoms with Gasteiger partial charge in [0, 0.05) is 20.1 Å². The molecule has 0 aliphatic carbocycles. The summed E-state index contributed by atoms with van der Waals surface area (Å²) in [6.45, 7) is 0.909. The highest BCUT2D eigenvalue weighted by molar-refractivity contribution is 5.81. The molecule has 1 fully saturated rings. The van der Waals surface area contributed by atoms with Gasteiger partial charge in [0.15, 0.2) is 0 Å². The number of benzene rings is 1. The van der Waals surface area contributed by atoms with Gasteiger partial charge in [0.2, 0.25) is 5.91 Å². The molecule has 6 nitrogen and oxygen atoms in total. The number of amides is 1. The van der Waals surface area contributed by atoms with E-state index < -0.39 is 23.9 Å². The summed E-state index contributed by atoms with van der Waals surface area (Å²) < 4.78 is 48.9. The number of carbonyl (C=O) groups is 1. The fourth-order valence-electron chi connectivity index (χ4n) is 2.46. The number of para-hydroxylation sites is 1. The van der Waals surface area contributed by atoms with Crippen molar-refractivity contribution in [2.45, 2.75) is 18.3 Å². The third-order valence-corrected chi connectivity index (χ3v) is 3.70. The topological polar surface area (TPSA) is 71.0 Å². The van der Waals surface area contributed by atoms with Crippen molar-refractivity contribution in [3.05, 3.63) is 29.8 Å². The average Bonchev–Trinajstić information content (AvgIpc) is 2.59. The Morgan fingerprint density at radius 3 is 2.84 bits per heavy atom. The fraction of sp³-hybridized carbons (Fsp3) is 0.562. The zero-order chi connectivity index (χ0) is 18.4. The predicted octanol–water partition coefficient (Wildman–Crippen LogP) is 0.892. The summed E-state index contributed by atoms with van der Waals surface area (Å²) in [5.74, 6) is -0.611. The van der Waals surface area contributed by atoms with Crippen LogP contribution in [0.3, 0.4) is 0 Å². The summed E-state index contributed by atoms with van der Waals surface area (Å²) in [5.41, 5.74) is -0.907. The van der Waals surface area contributed by atoms with Crippen molar-refractivity contribution < 1.29 is 32.5 Å². The minimum atomic E-state index is -4.54. The summed E-state index contributed by atoms with van der Waals surface area (Å²) in [6.07, 6.45) is -5.67. The summed E-state index contributed by atoms with van der Waals surface area (Å²) in [4.78, 5) is 13.5. The van der Waals surface area contributed by atoms with E-state index in [-0.39, 0.29) is 31.4 Å². The SMILES string of the molecule is CN(CC(O)COc1ccccc1C(F)(F)F)C(=O)C1COCCN1. The molecular weight excluding hydrogens is 341 g/mol. The number of carbonyl (C=O) groups excluding carboxylic acids is 1. The van der Waals surface area contributed by atoms with Crippen LogP contribution in [0.2, 0.25) is 0 Å². The predicted molar refractivity (Wildman–Crippen MR) is 83.2 cm³/mol. The maximum Gasteiger partial charge on any atom is 0.419 e. The number of nitrogens with one attached hydrogen (secondary N) is 1. The van der Waals surface area contributed by atoms with Crippen LogP contribution in [0.4, 0.5) is 13.2 Å². The molecule has 9 heteroatoms. The second kappa shape index (κ2) is 8.50. The number of aliphatic hydroxyl groups excluding tert-OH is 1. The molecule has 1 heterocycles. The summed E-state index contributed by atoms with van der Waals surface area (Å²) in [6, 6.07) is 4.29. The molecule has 1 aromatic carbocycles. The van der Waals surface area contributed by atoms with Gasteiger partial charge in [-0.15, -0.1) is 0 Å². The molecule has 0 spiro atoms. The lowest BCUT2D eigenvalue weighted by Gasteiger charge is -2.28. The normalized spacial score (nSPS) is 19.3. The van der Waals surface area contributed by atoms with Crippen LogP contribution in [0, 0.1) is 0 Å². The van der Waals surface area contributed by atoms with Gasteiger partial charge in [-0.25, -0.2) is 0 Å². The van der Waals surface area contributed by atoms with Gasteiger partial charge in [0.1, 0.15) is 24.5 Å². The number of morpholine rings is 1. The zero-order valence-electron chi connectivity index (χ0n) is 13.8. The first-order valence-electron chi connectivity index (χ1n) is 7.82. The van der Waals surface area contributed by atoms with Crippen LogP contribution in [0.25, 0.3) is 0 Å². The maximum absolute atomic E-state index is 12.9. The van der Waals surface area contributed by atoms with Crippen LogP contribution in [0.15, 0.2) is 24.3 Å². The monoisotopic (exact) mass is 362 g/mol. The molecule has 2 unspecified atom stereocenters. The lowest BCUT2D eigenvalue weighted by molar-refractivity contribution is -0.139. The Balaban J connectivity index is 1.86. The van der Waals surface area contributed by atoms with Gasteiger partial charge >= 0.3 is 6.18 Å². The number of aliphatic hydroxyl groups is 1.